The molecule has 6 heteroatoms. The van der Waals surface area contributed by atoms with Crippen molar-refractivity contribution in [2.45, 2.75) is 25.4 Å². The largest absolute Gasteiger partial charge is 0.361 e. The predicted octanol–water partition coefficient (Wildman–Crippen LogP) is 0.921. The van der Waals surface area contributed by atoms with Crippen molar-refractivity contribution in [3.63, 3.8) is 0 Å². The van der Waals surface area contributed by atoms with Crippen molar-refractivity contribution in [3.05, 3.63) is 36.0 Å². The molecule has 0 fully saturated rings. The van der Waals surface area contributed by atoms with E-state index in [4.69, 9.17) is 5.73 Å². The Balaban J connectivity index is 1.99. The summed E-state index contributed by atoms with van der Waals surface area (Å²) in [5.41, 5.74) is 8.04. The van der Waals surface area contributed by atoms with Crippen LogP contribution in [0, 0.1) is 0 Å². The highest BCUT2D eigenvalue weighted by atomic mass is 32.2. The Bertz CT molecular complexity index is 653. The monoisotopic (exact) mass is 307 g/mol. The molecule has 114 valence electrons. The van der Waals surface area contributed by atoms with Gasteiger partial charge in [-0.1, -0.05) is 18.2 Å². The maximum absolute atomic E-state index is 12.1. The van der Waals surface area contributed by atoms with E-state index in [9.17, 15) is 9.00 Å². The number of aromatic amines is 1. The van der Waals surface area contributed by atoms with Gasteiger partial charge in [0.1, 0.15) is 0 Å². The first-order valence-electron chi connectivity index (χ1n) is 6.88. The molecular formula is C15H21N3O2S. The van der Waals surface area contributed by atoms with Crippen LogP contribution in [0.25, 0.3) is 10.9 Å². The molecule has 21 heavy (non-hydrogen) atoms. The first-order valence-corrected chi connectivity index (χ1v) is 8.61. The van der Waals surface area contributed by atoms with Crippen LogP contribution in [-0.4, -0.2) is 39.2 Å². The summed E-state index contributed by atoms with van der Waals surface area (Å²) in [5.74, 6) is 0.226. The van der Waals surface area contributed by atoms with E-state index in [-0.39, 0.29) is 11.9 Å². The number of carbonyl (C=O) groups is 1. The van der Waals surface area contributed by atoms with E-state index in [0.717, 1.165) is 16.5 Å². The fourth-order valence-electron chi connectivity index (χ4n) is 2.37. The summed E-state index contributed by atoms with van der Waals surface area (Å²) in [4.78, 5) is 15.2. The molecule has 4 N–H and O–H groups in total. The number of rotatable bonds is 6. The topological polar surface area (TPSA) is 88.0 Å². The number of carbonyl (C=O) groups excluding carboxylic acids is 1. The number of hydrogen-bond donors (Lipinski definition) is 3. The van der Waals surface area contributed by atoms with Gasteiger partial charge in [0.25, 0.3) is 0 Å². The second-order valence-corrected chi connectivity index (χ2v) is 6.80. The lowest BCUT2D eigenvalue weighted by Crippen LogP contribution is -2.46. The highest BCUT2D eigenvalue weighted by molar-refractivity contribution is 7.84. The van der Waals surface area contributed by atoms with Crippen molar-refractivity contribution in [1.82, 2.24) is 10.3 Å². The Labute approximate surface area is 126 Å². The SMILES string of the molecule is CC(CS(C)=O)NC(=O)C(N)Cc1c[nH]c2ccccc12. The van der Waals surface area contributed by atoms with Gasteiger partial charge >= 0.3 is 0 Å². The van der Waals surface area contributed by atoms with Crippen molar-refractivity contribution in [2.75, 3.05) is 12.0 Å². The molecule has 3 atom stereocenters. The second-order valence-electron chi connectivity index (χ2n) is 5.32. The highest BCUT2D eigenvalue weighted by Gasteiger charge is 2.18. The smallest absolute Gasteiger partial charge is 0.237 e. The molecule has 0 bridgehead atoms. The number of benzene rings is 1. The second kappa shape index (κ2) is 6.87. The fourth-order valence-corrected chi connectivity index (χ4v) is 3.16. The number of fused-ring (bicyclic) bond motifs is 1. The number of H-pyrrole nitrogens is 1. The number of nitrogens with two attached hydrogens (primary N) is 1. The molecule has 0 radical (unpaired) electrons. The number of nitrogens with one attached hydrogen (secondary N) is 2. The van der Waals surface area contributed by atoms with Crippen LogP contribution < -0.4 is 11.1 Å². The molecule has 0 aliphatic heterocycles. The molecule has 5 nitrogen and oxygen atoms in total. The van der Waals surface area contributed by atoms with Crippen LogP contribution in [0.5, 0.6) is 0 Å². The third-order valence-corrected chi connectivity index (χ3v) is 4.29. The van der Waals surface area contributed by atoms with Crippen LogP contribution in [0.3, 0.4) is 0 Å². The van der Waals surface area contributed by atoms with Gasteiger partial charge in [-0.15, -0.1) is 0 Å². The number of amides is 1. The van der Waals surface area contributed by atoms with Crippen molar-refractivity contribution < 1.29 is 9.00 Å². The van der Waals surface area contributed by atoms with Gasteiger partial charge in [0.15, 0.2) is 0 Å². The Hall–Kier alpha value is -1.66. The van der Waals surface area contributed by atoms with E-state index in [2.05, 4.69) is 10.3 Å². The number of aromatic nitrogens is 1. The third kappa shape index (κ3) is 4.15. The van der Waals surface area contributed by atoms with Gasteiger partial charge in [-0.25, -0.2) is 0 Å². The highest BCUT2D eigenvalue weighted by Crippen LogP contribution is 2.18. The van der Waals surface area contributed by atoms with Gasteiger partial charge in [-0.05, 0) is 25.0 Å². The zero-order valence-corrected chi connectivity index (χ0v) is 13.1. The summed E-state index contributed by atoms with van der Waals surface area (Å²) < 4.78 is 11.1. The van der Waals surface area contributed by atoms with E-state index in [1.54, 1.807) is 6.26 Å². The molecule has 0 aliphatic carbocycles. The van der Waals surface area contributed by atoms with E-state index in [1.807, 2.05) is 37.4 Å². The third-order valence-electron chi connectivity index (χ3n) is 3.32. The van der Waals surface area contributed by atoms with E-state index in [1.165, 1.54) is 0 Å². The lowest BCUT2D eigenvalue weighted by molar-refractivity contribution is -0.122. The standard InChI is InChI=1S/C15H21N3O2S/c1-10(9-21(2)20)18-15(19)13(16)7-11-8-17-14-6-4-3-5-12(11)14/h3-6,8,10,13,17H,7,9,16H2,1-2H3,(H,18,19). The molecule has 1 heterocycles. The Morgan fingerprint density at radius 2 is 2.14 bits per heavy atom. The van der Waals surface area contributed by atoms with Gasteiger partial charge in [0.2, 0.25) is 5.91 Å². The lowest BCUT2D eigenvalue weighted by atomic mass is 10.0. The van der Waals surface area contributed by atoms with Crippen molar-refractivity contribution in [3.8, 4) is 0 Å². The van der Waals surface area contributed by atoms with Gasteiger partial charge in [-0.2, -0.15) is 0 Å². The zero-order chi connectivity index (χ0) is 15.4. The quantitative estimate of drug-likeness (QED) is 0.741. The molecule has 0 aliphatic rings. The molecule has 1 aromatic carbocycles. The van der Waals surface area contributed by atoms with Crippen molar-refractivity contribution in [2.24, 2.45) is 5.73 Å². The summed E-state index contributed by atoms with van der Waals surface area (Å²) in [5, 5.41) is 3.89. The summed E-state index contributed by atoms with van der Waals surface area (Å²) >= 11 is 0. The molecule has 2 aromatic rings. The van der Waals surface area contributed by atoms with Crippen LogP contribution in [0.4, 0.5) is 0 Å². The summed E-state index contributed by atoms with van der Waals surface area (Å²) in [6.07, 6.45) is 3.98. The van der Waals surface area contributed by atoms with E-state index < -0.39 is 16.8 Å². The van der Waals surface area contributed by atoms with Crippen molar-refractivity contribution >= 4 is 27.6 Å². The van der Waals surface area contributed by atoms with Crippen LogP contribution in [-0.2, 0) is 22.0 Å². The van der Waals surface area contributed by atoms with Crippen LogP contribution in [0.1, 0.15) is 12.5 Å². The molecule has 0 spiro atoms. The summed E-state index contributed by atoms with van der Waals surface area (Å²) in [6, 6.07) is 7.16. The minimum absolute atomic E-state index is 0.141. The molecule has 1 amide bonds. The van der Waals surface area contributed by atoms with Gasteiger partial charge < -0.3 is 16.0 Å². The normalized spacial score (nSPS) is 15.6. The molecule has 3 unspecified atom stereocenters. The summed E-state index contributed by atoms with van der Waals surface area (Å²) in [6.45, 7) is 1.83. The van der Waals surface area contributed by atoms with Crippen molar-refractivity contribution in [1.29, 1.82) is 0 Å². The summed E-state index contributed by atoms with van der Waals surface area (Å²) in [7, 11) is -0.936. The van der Waals surface area contributed by atoms with E-state index in [0.29, 0.717) is 12.2 Å². The molecular weight excluding hydrogens is 286 g/mol. The first kappa shape index (κ1) is 15.7. The Morgan fingerprint density at radius 1 is 1.43 bits per heavy atom. The van der Waals surface area contributed by atoms with Crippen LogP contribution in [0.2, 0.25) is 0 Å². The average molecular weight is 307 g/mol. The fraction of sp³-hybridized carbons (Fsp3) is 0.400. The Morgan fingerprint density at radius 3 is 2.86 bits per heavy atom. The number of hydrogen-bond acceptors (Lipinski definition) is 3. The first-order chi connectivity index (χ1) is 9.97. The van der Waals surface area contributed by atoms with Gasteiger partial charge in [0.05, 0.1) is 6.04 Å². The lowest BCUT2D eigenvalue weighted by Gasteiger charge is -2.16. The maximum Gasteiger partial charge on any atom is 0.237 e. The maximum atomic E-state index is 12.1. The average Bonchev–Trinajstić information content (AvgIpc) is 2.81. The predicted molar refractivity (Wildman–Crippen MR) is 86.5 cm³/mol. The minimum atomic E-state index is -0.936. The zero-order valence-electron chi connectivity index (χ0n) is 12.3. The number of para-hydroxylation sites is 1. The van der Waals surface area contributed by atoms with Crippen LogP contribution >= 0.6 is 0 Å². The minimum Gasteiger partial charge on any atom is -0.361 e. The molecule has 1 aromatic heterocycles. The molecule has 0 saturated heterocycles. The van der Waals surface area contributed by atoms with E-state index >= 15 is 0 Å². The molecule has 0 saturated carbocycles. The van der Waals surface area contributed by atoms with Gasteiger partial charge in [0, 0.05) is 45.9 Å². The Kier molecular flexibility index (Phi) is 5.14. The van der Waals surface area contributed by atoms with Crippen LogP contribution in [0.15, 0.2) is 30.5 Å². The molecule has 2 rings (SSSR count). The van der Waals surface area contributed by atoms with Gasteiger partial charge in [-0.3, -0.25) is 9.00 Å².